The normalized spacial score (nSPS) is 12.0. The molecule has 17 heavy (non-hydrogen) atoms. The molecule has 2 aromatic heterocycles. The summed E-state index contributed by atoms with van der Waals surface area (Å²) in [6.07, 6.45) is 1.55. The van der Waals surface area contributed by atoms with E-state index in [1.807, 2.05) is 5.38 Å². The number of nitrogen functional groups attached to an aromatic ring is 1. The van der Waals surface area contributed by atoms with Crippen molar-refractivity contribution in [2.45, 2.75) is 32.7 Å². The Bertz CT molecular complexity index is 524. The molecule has 0 unspecified atom stereocenters. The zero-order valence-corrected chi connectivity index (χ0v) is 11.6. The molecular formula is C11H15ClN4S. The van der Waals surface area contributed by atoms with E-state index in [1.54, 1.807) is 22.2 Å². The molecule has 0 radical (unpaired) electrons. The van der Waals surface area contributed by atoms with Crippen molar-refractivity contribution in [1.29, 1.82) is 0 Å². The molecule has 0 aliphatic heterocycles. The Hall–Kier alpha value is -1.07. The lowest BCUT2D eigenvalue weighted by Crippen LogP contribution is -2.11. The summed E-state index contributed by atoms with van der Waals surface area (Å²) in [5.41, 5.74) is 6.83. The largest absolute Gasteiger partial charge is 0.383 e. The van der Waals surface area contributed by atoms with Gasteiger partial charge in [-0.2, -0.15) is 5.10 Å². The fraction of sp³-hybridized carbons (Fsp3) is 0.455. The molecular weight excluding hydrogens is 256 g/mol. The molecule has 2 rings (SSSR count). The first-order chi connectivity index (χ1) is 7.88. The van der Waals surface area contributed by atoms with Crippen LogP contribution in [0.4, 0.5) is 5.82 Å². The van der Waals surface area contributed by atoms with E-state index in [0.29, 0.717) is 17.4 Å². The molecule has 0 saturated heterocycles. The van der Waals surface area contributed by atoms with Crippen molar-refractivity contribution in [2.24, 2.45) is 0 Å². The Kier molecular flexibility index (Phi) is 3.14. The Morgan fingerprint density at radius 1 is 1.47 bits per heavy atom. The maximum absolute atomic E-state index is 5.85. The van der Waals surface area contributed by atoms with Crippen LogP contribution in [0.3, 0.4) is 0 Å². The third-order valence-corrected chi connectivity index (χ3v) is 3.95. The molecule has 0 fully saturated rings. The summed E-state index contributed by atoms with van der Waals surface area (Å²) in [4.78, 5) is 4.59. The lowest BCUT2D eigenvalue weighted by atomic mass is 9.98. The fourth-order valence-corrected chi connectivity index (χ4v) is 2.42. The Morgan fingerprint density at radius 3 is 2.65 bits per heavy atom. The second-order valence-corrected chi connectivity index (χ2v) is 6.19. The van der Waals surface area contributed by atoms with Crippen molar-refractivity contribution in [2.75, 3.05) is 5.73 Å². The average Bonchev–Trinajstić information content (AvgIpc) is 2.80. The fourth-order valence-electron chi connectivity index (χ4n) is 1.38. The van der Waals surface area contributed by atoms with Crippen LogP contribution in [0.1, 0.15) is 31.5 Å². The summed E-state index contributed by atoms with van der Waals surface area (Å²) in [7, 11) is 0. The van der Waals surface area contributed by atoms with E-state index in [0.717, 1.165) is 10.7 Å². The molecule has 92 valence electrons. The summed E-state index contributed by atoms with van der Waals surface area (Å²) >= 11 is 7.51. The number of halogens is 1. The zero-order chi connectivity index (χ0) is 12.6. The van der Waals surface area contributed by atoms with Gasteiger partial charge in [-0.3, -0.25) is 0 Å². The van der Waals surface area contributed by atoms with Gasteiger partial charge in [-0.1, -0.05) is 32.4 Å². The minimum Gasteiger partial charge on any atom is -0.383 e. The predicted molar refractivity (Wildman–Crippen MR) is 71.6 cm³/mol. The lowest BCUT2D eigenvalue weighted by molar-refractivity contribution is 0.579. The highest BCUT2D eigenvalue weighted by Gasteiger charge is 2.18. The van der Waals surface area contributed by atoms with Gasteiger partial charge in [0.25, 0.3) is 0 Å². The van der Waals surface area contributed by atoms with E-state index in [1.165, 1.54) is 0 Å². The predicted octanol–water partition coefficient (Wildman–Crippen LogP) is 2.92. The molecule has 0 bridgehead atoms. The highest BCUT2D eigenvalue weighted by atomic mass is 35.5. The first-order valence-electron chi connectivity index (χ1n) is 5.29. The topological polar surface area (TPSA) is 56.7 Å². The van der Waals surface area contributed by atoms with E-state index in [2.05, 4.69) is 30.9 Å². The summed E-state index contributed by atoms with van der Waals surface area (Å²) in [5, 5.41) is 7.74. The SMILES string of the molecule is CC(C)(C)c1nc(Cn2ncc(Cl)c2N)cs1. The first-order valence-corrected chi connectivity index (χ1v) is 6.55. The van der Waals surface area contributed by atoms with Crippen molar-refractivity contribution < 1.29 is 0 Å². The van der Waals surface area contributed by atoms with Crippen LogP contribution in [-0.4, -0.2) is 14.8 Å². The number of hydrogen-bond donors (Lipinski definition) is 1. The number of rotatable bonds is 2. The van der Waals surface area contributed by atoms with Crippen LogP contribution >= 0.6 is 22.9 Å². The molecule has 0 spiro atoms. The molecule has 0 atom stereocenters. The van der Waals surface area contributed by atoms with Crippen LogP contribution in [-0.2, 0) is 12.0 Å². The molecule has 0 aromatic carbocycles. The smallest absolute Gasteiger partial charge is 0.141 e. The van der Waals surface area contributed by atoms with E-state index < -0.39 is 0 Å². The van der Waals surface area contributed by atoms with E-state index >= 15 is 0 Å². The van der Waals surface area contributed by atoms with Crippen LogP contribution in [0.25, 0.3) is 0 Å². The second kappa shape index (κ2) is 4.31. The summed E-state index contributed by atoms with van der Waals surface area (Å²) in [6, 6.07) is 0. The van der Waals surface area contributed by atoms with Gasteiger partial charge in [-0.15, -0.1) is 11.3 Å². The Morgan fingerprint density at radius 2 is 2.18 bits per heavy atom. The number of thiazole rings is 1. The number of nitrogens with zero attached hydrogens (tertiary/aromatic N) is 3. The van der Waals surface area contributed by atoms with Gasteiger partial charge in [-0.25, -0.2) is 9.67 Å². The quantitative estimate of drug-likeness (QED) is 0.913. The van der Waals surface area contributed by atoms with Crippen molar-refractivity contribution >= 4 is 28.8 Å². The van der Waals surface area contributed by atoms with Crippen molar-refractivity contribution in [1.82, 2.24) is 14.8 Å². The molecule has 2 heterocycles. The standard InChI is InChI=1S/C11H15ClN4S/c1-11(2,3)10-15-7(6-17-10)5-16-9(13)8(12)4-14-16/h4,6H,5,13H2,1-3H3. The highest BCUT2D eigenvalue weighted by Crippen LogP contribution is 2.26. The maximum atomic E-state index is 5.85. The number of anilines is 1. The molecule has 6 heteroatoms. The van der Waals surface area contributed by atoms with Gasteiger partial charge in [0.2, 0.25) is 0 Å². The van der Waals surface area contributed by atoms with Crippen LogP contribution in [0.5, 0.6) is 0 Å². The van der Waals surface area contributed by atoms with Crippen LogP contribution in [0.2, 0.25) is 5.02 Å². The number of nitrogens with two attached hydrogens (primary N) is 1. The molecule has 2 aromatic rings. The van der Waals surface area contributed by atoms with E-state index in [-0.39, 0.29) is 5.41 Å². The minimum absolute atomic E-state index is 0.0796. The van der Waals surface area contributed by atoms with Gasteiger partial charge >= 0.3 is 0 Å². The molecule has 0 amide bonds. The first kappa shape index (κ1) is 12.4. The zero-order valence-electron chi connectivity index (χ0n) is 10.1. The van der Waals surface area contributed by atoms with Gasteiger partial charge < -0.3 is 5.73 Å². The average molecular weight is 271 g/mol. The molecule has 2 N–H and O–H groups in total. The lowest BCUT2D eigenvalue weighted by Gasteiger charge is -2.13. The number of aromatic nitrogens is 3. The van der Waals surface area contributed by atoms with Crippen LogP contribution in [0, 0.1) is 0 Å². The molecule has 0 aliphatic carbocycles. The van der Waals surface area contributed by atoms with Crippen LogP contribution in [0.15, 0.2) is 11.6 Å². The minimum atomic E-state index is 0.0796. The third-order valence-electron chi connectivity index (χ3n) is 2.34. The summed E-state index contributed by atoms with van der Waals surface area (Å²) in [6.45, 7) is 7.00. The van der Waals surface area contributed by atoms with Gasteiger partial charge in [-0.05, 0) is 0 Å². The van der Waals surface area contributed by atoms with Crippen LogP contribution < -0.4 is 5.73 Å². The third kappa shape index (κ3) is 2.61. The van der Waals surface area contributed by atoms with Crippen molar-refractivity contribution in [3.8, 4) is 0 Å². The molecule has 0 saturated carbocycles. The van der Waals surface area contributed by atoms with Gasteiger partial charge in [0, 0.05) is 10.8 Å². The van der Waals surface area contributed by atoms with Gasteiger partial charge in [0.15, 0.2) is 0 Å². The maximum Gasteiger partial charge on any atom is 0.141 e. The van der Waals surface area contributed by atoms with Gasteiger partial charge in [0.1, 0.15) is 10.8 Å². The van der Waals surface area contributed by atoms with E-state index in [4.69, 9.17) is 17.3 Å². The van der Waals surface area contributed by atoms with Crippen molar-refractivity contribution in [3.05, 3.63) is 27.3 Å². The molecule has 0 aliphatic rings. The molecule has 4 nitrogen and oxygen atoms in total. The van der Waals surface area contributed by atoms with E-state index in [9.17, 15) is 0 Å². The van der Waals surface area contributed by atoms with Crippen molar-refractivity contribution in [3.63, 3.8) is 0 Å². The summed E-state index contributed by atoms with van der Waals surface area (Å²) in [5.74, 6) is 0.483. The highest BCUT2D eigenvalue weighted by molar-refractivity contribution is 7.09. The summed E-state index contributed by atoms with van der Waals surface area (Å²) < 4.78 is 1.66. The Balaban J connectivity index is 2.20. The van der Waals surface area contributed by atoms with Gasteiger partial charge in [0.05, 0.1) is 23.4 Å². The monoisotopic (exact) mass is 270 g/mol. The Labute approximate surface area is 109 Å². The number of hydrogen-bond acceptors (Lipinski definition) is 4. The second-order valence-electron chi connectivity index (χ2n) is 4.93.